The van der Waals surface area contributed by atoms with E-state index in [0.717, 1.165) is 12.8 Å². The van der Waals surface area contributed by atoms with Crippen molar-refractivity contribution in [1.29, 1.82) is 0 Å². The normalized spacial score (nSPS) is 30.1. The molecule has 2 amide bonds. The first-order valence-corrected chi connectivity index (χ1v) is 6.90. The smallest absolute Gasteiger partial charge is 0.221 e. The van der Waals surface area contributed by atoms with E-state index in [1.165, 1.54) is 6.42 Å². The van der Waals surface area contributed by atoms with Gasteiger partial charge in [-0.15, -0.1) is 0 Å². The van der Waals surface area contributed by atoms with Gasteiger partial charge in [-0.3, -0.25) is 9.59 Å². The summed E-state index contributed by atoms with van der Waals surface area (Å²) in [6, 6.07) is 0. The molecule has 0 heterocycles. The molecule has 0 aromatic heterocycles. The zero-order valence-corrected chi connectivity index (χ0v) is 11.7. The van der Waals surface area contributed by atoms with Gasteiger partial charge in [0.25, 0.3) is 0 Å². The third-order valence-electron chi connectivity index (χ3n) is 4.38. The van der Waals surface area contributed by atoms with Gasteiger partial charge in [0.2, 0.25) is 11.8 Å². The molecule has 0 aliphatic heterocycles. The molecule has 4 nitrogen and oxygen atoms in total. The quantitative estimate of drug-likeness (QED) is 0.782. The van der Waals surface area contributed by atoms with Crippen LogP contribution in [0.1, 0.15) is 46.5 Å². The standard InChI is InChI=1S/C14H26N2O2/c1-8(2)10-5-4-9(3)6-11(10)12(14(16)18)7-13(15)17/h8-12H,4-7H2,1-3H3,(H2,15,17)(H2,16,18). The highest BCUT2D eigenvalue weighted by molar-refractivity contribution is 5.84. The van der Waals surface area contributed by atoms with E-state index in [1.54, 1.807) is 0 Å². The van der Waals surface area contributed by atoms with Gasteiger partial charge in [0, 0.05) is 12.3 Å². The van der Waals surface area contributed by atoms with Gasteiger partial charge in [0.15, 0.2) is 0 Å². The molecule has 104 valence electrons. The third-order valence-corrected chi connectivity index (χ3v) is 4.38. The minimum Gasteiger partial charge on any atom is -0.370 e. The van der Waals surface area contributed by atoms with Crippen LogP contribution in [0.5, 0.6) is 0 Å². The predicted octanol–water partition coefficient (Wildman–Crippen LogP) is 1.67. The summed E-state index contributed by atoms with van der Waals surface area (Å²) in [5, 5.41) is 0. The molecule has 4 N–H and O–H groups in total. The Labute approximate surface area is 109 Å². The summed E-state index contributed by atoms with van der Waals surface area (Å²) in [5.74, 6) is 0.587. The maximum Gasteiger partial charge on any atom is 0.221 e. The van der Waals surface area contributed by atoms with Crippen molar-refractivity contribution in [2.45, 2.75) is 46.5 Å². The second-order valence-electron chi connectivity index (χ2n) is 6.17. The van der Waals surface area contributed by atoms with Crippen LogP contribution in [0.15, 0.2) is 0 Å². The summed E-state index contributed by atoms with van der Waals surface area (Å²) in [5.41, 5.74) is 10.7. The zero-order chi connectivity index (χ0) is 13.9. The Morgan fingerprint density at radius 2 is 1.78 bits per heavy atom. The van der Waals surface area contributed by atoms with Gasteiger partial charge in [-0.05, 0) is 36.5 Å². The molecule has 0 radical (unpaired) electrons. The lowest BCUT2D eigenvalue weighted by Gasteiger charge is -2.40. The third kappa shape index (κ3) is 3.72. The lowest BCUT2D eigenvalue weighted by molar-refractivity contribution is -0.130. The highest BCUT2D eigenvalue weighted by Gasteiger charge is 2.38. The average molecular weight is 254 g/mol. The van der Waals surface area contributed by atoms with Crippen LogP contribution in [0.2, 0.25) is 0 Å². The van der Waals surface area contributed by atoms with Gasteiger partial charge in [-0.25, -0.2) is 0 Å². The Morgan fingerprint density at radius 1 is 1.17 bits per heavy atom. The van der Waals surface area contributed by atoms with Crippen LogP contribution in [0, 0.1) is 29.6 Å². The Hall–Kier alpha value is -1.06. The molecule has 0 aromatic rings. The Morgan fingerprint density at radius 3 is 2.22 bits per heavy atom. The van der Waals surface area contributed by atoms with Gasteiger partial charge in [-0.1, -0.05) is 27.2 Å². The molecule has 1 aliphatic carbocycles. The molecular weight excluding hydrogens is 228 g/mol. The maximum absolute atomic E-state index is 11.6. The molecular formula is C14H26N2O2. The second kappa shape index (κ2) is 6.21. The molecule has 1 aliphatic rings. The van der Waals surface area contributed by atoms with Crippen LogP contribution in [0.3, 0.4) is 0 Å². The summed E-state index contributed by atoms with van der Waals surface area (Å²) in [6.45, 7) is 6.55. The van der Waals surface area contributed by atoms with Crippen LogP contribution in [0.25, 0.3) is 0 Å². The predicted molar refractivity (Wildman–Crippen MR) is 71.3 cm³/mol. The molecule has 1 saturated carbocycles. The van der Waals surface area contributed by atoms with E-state index in [1.807, 2.05) is 0 Å². The summed E-state index contributed by atoms with van der Waals surface area (Å²) in [6.07, 6.45) is 3.38. The Bertz CT molecular complexity index is 315. The van der Waals surface area contributed by atoms with Crippen molar-refractivity contribution >= 4 is 11.8 Å². The zero-order valence-electron chi connectivity index (χ0n) is 11.7. The van der Waals surface area contributed by atoms with Crippen molar-refractivity contribution in [2.24, 2.45) is 41.1 Å². The number of primary amides is 2. The van der Waals surface area contributed by atoms with Crippen molar-refractivity contribution in [3.8, 4) is 0 Å². The van der Waals surface area contributed by atoms with Gasteiger partial charge in [0.05, 0.1) is 0 Å². The number of carbonyl (C=O) groups excluding carboxylic acids is 2. The molecule has 4 atom stereocenters. The molecule has 0 saturated heterocycles. The molecule has 18 heavy (non-hydrogen) atoms. The summed E-state index contributed by atoms with van der Waals surface area (Å²) < 4.78 is 0. The van der Waals surface area contributed by atoms with E-state index in [2.05, 4.69) is 20.8 Å². The lowest BCUT2D eigenvalue weighted by Crippen LogP contribution is -2.41. The largest absolute Gasteiger partial charge is 0.370 e. The van der Waals surface area contributed by atoms with Crippen molar-refractivity contribution in [1.82, 2.24) is 0 Å². The van der Waals surface area contributed by atoms with Gasteiger partial charge < -0.3 is 11.5 Å². The van der Waals surface area contributed by atoms with Crippen LogP contribution >= 0.6 is 0 Å². The van der Waals surface area contributed by atoms with E-state index < -0.39 is 11.8 Å². The molecule has 1 rings (SSSR count). The number of amides is 2. The van der Waals surface area contributed by atoms with E-state index in [0.29, 0.717) is 17.8 Å². The molecule has 1 fully saturated rings. The first kappa shape index (κ1) is 15.0. The van der Waals surface area contributed by atoms with Crippen molar-refractivity contribution in [3.05, 3.63) is 0 Å². The average Bonchev–Trinajstić information content (AvgIpc) is 2.24. The van der Waals surface area contributed by atoms with Crippen molar-refractivity contribution in [3.63, 3.8) is 0 Å². The number of nitrogens with two attached hydrogens (primary N) is 2. The fourth-order valence-electron chi connectivity index (χ4n) is 3.42. The maximum atomic E-state index is 11.6. The summed E-state index contributed by atoms with van der Waals surface area (Å²) in [4.78, 5) is 22.8. The monoisotopic (exact) mass is 254 g/mol. The van der Waals surface area contributed by atoms with Gasteiger partial charge >= 0.3 is 0 Å². The Kier molecular flexibility index (Phi) is 5.17. The van der Waals surface area contributed by atoms with E-state index in [4.69, 9.17) is 11.5 Å². The minimum atomic E-state index is -0.431. The SMILES string of the molecule is CC1CCC(C(C)C)C(C(CC(N)=O)C(N)=O)C1. The highest BCUT2D eigenvalue weighted by Crippen LogP contribution is 2.42. The van der Waals surface area contributed by atoms with Crippen LogP contribution in [0.4, 0.5) is 0 Å². The van der Waals surface area contributed by atoms with Crippen LogP contribution < -0.4 is 11.5 Å². The van der Waals surface area contributed by atoms with E-state index >= 15 is 0 Å². The summed E-state index contributed by atoms with van der Waals surface area (Å²) >= 11 is 0. The highest BCUT2D eigenvalue weighted by atomic mass is 16.2. The number of hydrogen-bond donors (Lipinski definition) is 2. The number of carbonyl (C=O) groups is 2. The van der Waals surface area contributed by atoms with Crippen LogP contribution in [-0.4, -0.2) is 11.8 Å². The second-order valence-corrected chi connectivity index (χ2v) is 6.17. The molecule has 0 spiro atoms. The summed E-state index contributed by atoms with van der Waals surface area (Å²) in [7, 11) is 0. The first-order chi connectivity index (χ1) is 8.32. The van der Waals surface area contributed by atoms with Crippen molar-refractivity contribution < 1.29 is 9.59 Å². The molecule has 4 unspecified atom stereocenters. The Balaban J connectivity index is 2.89. The minimum absolute atomic E-state index is 0.0932. The lowest BCUT2D eigenvalue weighted by atomic mass is 9.64. The van der Waals surface area contributed by atoms with Gasteiger partial charge in [0.1, 0.15) is 0 Å². The molecule has 0 bridgehead atoms. The van der Waals surface area contributed by atoms with Gasteiger partial charge in [-0.2, -0.15) is 0 Å². The first-order valence-electron chi connectivity index (χ1n) is 6.90. The van der Waals surface area contributed by atoms with Crippen LogP contribution in [-0.2, 0) is 9.59 Å². The number of hydrogen-bond acceptors (Lipinski definition) is 2. The van der Waals surface area contributed by atoms with E-state index in [-0.39, 0.29) is 18.2 Å². The topological polar surface area (TPSA) is 86.2 Å². The fourth-order valence-corrected chi connectivity index (χ4v) is 3.42. The molecule has 4 heteroatoms. The fraction of sp³-hybridized carbons (Fsp3) is 0.857. The molecule has 0 aromatic carbocycles. The van der Waals surface area contributed by atoms with E-state index in [9.17, 15) is 9.59 Å². The van der Waals surface area contributed by atoms with Crippen molar-refractivity contribution in [2.75, 3.05) is 0 Å². The number of rotatable bonds is 5.